The number of nitrogens with zero attached hydrogens (tertiary/aromatic N) is 1. The van der Waals surface area contributed by atoms with Gasteiger partial charge in [-0.05, 0) is 19.4 Å². The first-order valence-electron chi connectivity index (χ1n) is 5.06. The van der Waals surface area contributed by atoms with Crippen molar-refractivity contribution in [2.45, 2.75) is 32.4 Å². The lowest BCUT2D eigenvalue weighted by Gasteiger charge is -2.03. The highest BCUT2D eigenvalue weighted by Gasteiger charge is 2.41. The molecule has 68 valence electrons. The summed E-state index contributed by atoms with van der Waals surface area (Å²) in [7, 11) is 3.53. The maximum absolute atomic E-state index is 2.35. The minimum absolute atomic E-state index is 0.823. The largest absolute Gasteiger partial charge is 0.205 e. The van der Waals surface area contributed by atoms with Crippen molar-refractivity contribution in [1.29, 1.82) is 0 Å². The molecule has 0 amide bonds. The second-order valence-electron chi connectivity index (χ2n) is 4.49. The second-order valence-corrected chi connectivity index (χ2v) is 4.49. The van der Waals surface area contributed by atoms with Crippen molar-refractivity contribution in [2.24, 2.45) is 7.05 Å². The quantitative estimate of drug-likeness (QED) is 0.448. The maximum Gasteiger partial charge on any atom is 0.176 e. The number of aromatic nitrogens is 1. The van der Waals surface area contributed by atoms with Crippen molar-refractivity contribution in [2.75, 3.05) is 0 Å². The molecule has 0 spiro atoms. The lowest BCUT2D eigenvalue weighted by Crippen LogP contribution is -2.33. The Balaban J connectivity index is 2.41. The molecular formula is C11H17BN+. The Labute approximate surface area is 81.0 Å². The molecule has 0 aromatic carbocycles. The van der Waals surface area contributed by atoms with E-state index in [1.807, 2.05) is 0 Å². The Morgan fingerprint density at radius 1 is 1.31 bits per heavy atom. The average Bonchev–Trinajstić information content (AvgIpc) is 2.75. The number of hydrogen-bond acceptors (Lipinski definition) is 0. The summed E-state index contributed by atoms with van der Waals surface area (Å²) in [5, 5.41) is 0. The number of rotatable bonds is 1. The van der Waals surface area contributed by atoms with Crippen LogP contribution in [0.4, 0.5) is 0 Å². The van der Waals surface area contributed by atoms with E-state index in [0.717, 1.165) is 11.6 Å². The van der Waals surface area contributed by atoms with Crippen molar-refractivity contribution < 1.29 is 4.57 Å². The standard InChI is InChI=1S/C11H17BN/c1-7-5-10(11-9(3)12-11)13(4)6-8(7)2/h5-6,9,11-12H,1-4H3/q+1. The summed E-state index contributed by atoms with van der Waals surface area (Å²) in [6, 6.07) is 2.35. The molecule has 2 heterocycles. The Bertz CT molecular complexity index is 346. The van der Waals surface area contributed by atoms with Crippen LogP contribution in [0.1, 0.15) is 29.6 Å². The van der Waals surface area contributed by atoms with Gasteiger partial charge < -0.3 is 0 Å². The van der Waals surface area contributed by atoms with E-state index >= 15 is 0 Å². The highest BCUT2D eigenvalue weighted by atomic mass is 14.9. The van der Waals surface area contributed by atoms with Gasteiger partial charge in [-0.3, -0.25) is 0 Å². The van der Waals surface area contributed by atoms with Crippen molar-refractivity contribution >= 4 is 7.28 Å². The molecule has 2 atom stereocenters. The van der Waals surface area contributed by atoms with Crippen LogP contribution in [-0.4, -0.2) is 7.28 Å². The average molecular weight is 174 g/mol. The zero-order valence-corrected chi connectivity index (χ0v) is 8.96. The summed E-state index contributed by atoms with van der Waals surface area (Å²) in [5.41, 5.74) is 4.32. The summed E-state index contributed by atoms with van der Waals surface area (Å²) >= 11 is 0. The second kappa shape index (κ2) is 2.86. The highest BCUT2D eigenvalue weighted by Crippen LogP contribution is 2.41. The lowest BCUT2D eigenvalue weighted by molar-refractivity contribution is -0.679. The fourth-order valence-electron chi connectivity index (χ4n) is 2.01. The van der Waals surface area contributed by atoms with Crippen LogP contribution in [0.2, 0.25) is 5.82 Å². The molecule has 0 N–H and O–H groups in total. The molecule has 1 aliphatic heterocycles. The van der Waals surface area contributed by atoms with Crippen LogP contribution in [0.25, 0.3) is 0 Å². The predicted octanol–water partition coefficient (Wildman–Crippen LogP) is 1.43. The van der Waals surface area contributed by atoms with Gasteiger partial charge in [0.2, 0.25) is 0 Å². The Kier molecular flexibility index (Phi) is 1.94. The molecule has 0 bridgehead atoms. The molecule has 1 fully saturated rings. The van der Waals surface area contributed by atoms with Gasteiger partial charge in [-0.2, -0.15) is 0 Å². The first-order valence-corrected chi connectivity index (χ1v) is 5.06. The van der Waals surface area contributed by atoms with E-state index in [2.05, 4.69) is 44.6 Å². The van der Waals surface area contributed by atoms with Gasteiger partial charge in [0.1, 0.15) is 14.3 Å². The van der Waals surface area contributed by atoms with Crippen LogP contribution in [-0.2, 0) is 7.05 Å². The van der Waals surface area contributed by atoms with Crippen LogP contribution in [0.15, 0.2) is 12.3 Å². The van der Waals surface area contributed by atoms with Crippen LogP contribution >= 0.6 is 0 Å². The number of hydrogen-bond donors (Lipinski definition) is 0. The van der Waals surface area contributed by atoms with Crippen molar-refractivity contribution in [3.05, 3.63) is 29.1 Å². The molecule has 2 heteroatoms. The SMILES string of the molecule is Cc1cc(C2BC2C)[n+](C)cc1C. The maximum atomic E-state index is 2.35. The first kappa shape index (κ1) is 8.80. The van der Waals surface area contributed by atoms with E-state index in [1.165, 1.54) is 24.1 Å². The summed E-state index contributed by atoms with van der Waals surface area (Å²) in [6.07, 6.45) is 2.25. The fourth-order valence-corrected chi connectivity index (χ4v) is 2.01. The Hall–Kier alpha value is -0.785. The van der Waals surface area contributed by atoms with E-state index < -0.39 is 0 Å². The Morgan fingerprint density at radius 3 is 2.46 bits per heavy atom. The van der Waals surface area contributed by atoms with Crippen molar-refractivity contribution in [3.8, 4) is 0 Å². The van der Waals surface area contributed by atoms with E-state index in [0.29, 0.717) is 0 Å². The van der Waals surface area contributed by atoms with Crippen LogP contribution in [0.3, 0.4) is 0 Å². The van der Waals surface area contributed by atoms with Crippen LogP contribution in [0, 0.1) is 13.8 Å². The van der Waals surface area contributed by atoms with Gasteiger partial charge in [0, 0.05) is 17.4 Å². The lowest BCUT2D eigenvalue weighted by atomic mass is 9.97. The van der Waals surface area contributed by atoms with Crippen molar-refractivity contribution in [1.82, 2.24) is 0 Å². The molecule has 1 aromatic heterocycles. The predicted molar refractivity (Wildman–Crippen MR) is 56.4 cm³/mol. The molecule has 0 aliphatic carbocycles. The van der Waals surface area contributed by atoms with Gasteiger partial charge >= 0.3 is 0 Å². The third kappa shape index (κ3) is 1.50. The normalized spacial score (nSPS) is 25.5. The van der Waals surface area contributed by atoms with Gasteiger partial charge in [0.05, 0.1) is 0 Å². The molecule has 2 rings (SSSR count). The zero-order chi connectivity index (χ0) is 9.59. The van der Waals surface area contributed by atoms with Gasteiger partial charge in [-0.1, -0.05) is 12.7 Å². The van der Waals surface area contributed by atoms with Crippen molar-refractivity contribution in [3.63, 3.8) is 0 Å². The summed E-state index contributed by atoms with van der Waals surface area (Å²) < 4.78 is 2.29. The molecule has 0 radical (unpaired) electrons. The van der Waals surface area contributed by atoms with E-state index in [9.17, 15) is 0 Å². The third-order valence-corrected chi connectivity index (χ3v) is 3.27. The molecule has 1 aromatic rings. The van der Waals surface area contributed by atoms with Gasteiger partial charge in [0.25, 0.3) is 0 Å². The molecule has 1 saturated heterocycles. The highest BCUT2D eigenvalue weighted by molar-refractivity contribution is 6.53. The van der Waals surface area contributed by atoms with Crippen LogP contribution < -0.4 is 4.57 Å². The first-order chi connectivity index (χ1) is 6.09. The number of pyridine rings is 1. The molecule has 1 aliphatic rings. The topological polar surface area (TPSA) is 3.88 Å². The minimum atomic E-state index is 0.823. The van der Waals surface area contributed by atoms with E-state index in [4.69, 9.17) is 0 Å². The summed E-state index contributed by atoms with van der Waals surface area (Å²) in [6.45, 7) is 6.71. The minimum Gasteiger partial charge on any atom is -0.205 e. The summed E-state index contributed by atoms with van der Waals surface area (Å²) in [5.74, 6) is 1.72. The van der Waals surface area contributed by atoms with Gasteiger partial charge in [-0.25, -0.2) is 4.57 Å². The molecule has 0 saturated carbocycles. The fraction of sp³-hybridized carbons (Fsp3) is 0.545. The molecular weight excluding hydrogens is 157 g/mol. The number of aryl methyl sites for hydroxylation is 3. The molecule has 1 nitrogen and oxygen atoms in total. The zero-order valence-electron chi connectivity index (χ0n) is 8.96. The van der Waals surface area contributed by atoms with E-state index in [1.54, 1.807) is 0 Å². The van der Waals surface area contributed by atoms with Gasteiger partial charge in [-0.15, -0.1) is 0 Å². The van der Waals surface area contributed by atoms with E-state index in [-0.39, 0.29) is 0 Å². The third-order valence-electron chi connectivity index (χ3n) is 3.27. The smallest absolute Gasteiger partial charge is 0.176 e. The Morgan fingerprint density at radius 2 is 1.92 bits per heavy atom. The monoisotopic (exact) mass is 174 g/mol. The molecule has 13 heavy (non-hydrogen) atoms. The van der Waals surface area contributed by atoms with Gasteiger partial charge in [0.15, 0.2) is 11.9 Å². The molecule has 2 unspecified atom stereocenters. The van der Waals surface area contributed by atoms with Crippen LogP contribution in [0.5, 0.6) is 0 Å². The summed E-state index contributed by atoms with van der Waals surface area (Å²) in [4.78, 5) is 0.